The fraction of sp³-hybridized carbons (Fsp3) is 0.118. The van der Waals surface area contributed by atoms with Crippen LogP contribution in [0, 0.1) is 6.92 Å². The monoisotopic (exact) mass is 363 g/mol. The molecule has 0 atom stereocenters. The molecule has 0 radical (unpaired) electrons. The Kier molecular flexibility index (Phi) is 6.35. The number of hydrogen-bond acceptors (Lipinski definition) is 3. The minimum atomic E-state index is -0.446. The summed E-state index contributed by atoms with van der Waals surface area (Å²) in [5, 5.41) is 7.27. The van der Waals surface area contributed by atoms with Crippen molar-refractivity contribution in [3.05, 3.63) is 69.2 Å². The van der Waals surface area contributed by atoms with Crippen LogP contribution in [-0.4, -0.2) is 24.6 Å². The molecule has 0 saturated heterocycles. The number of nitrogens with zero attached hydrogens (tertiary/aromatic N) is 1. The highest BCUT2D eigenvalue weighted by Crippen LogP contribution is 2.19. The van der Waals surface area contributed by atoms with E-state index in [0.29, 0.717) is 21.2 Å². The first-order valence-electron chi connectivity index (χ1n) is 7.08. The lowest BCUT2D eigenvalue weighted by atomic mass is 10.1. The zero-order valence-corrected chi connectivity index (χ0v) is 14.4. The number of carbonyl (C=O) groups is 2. The van der Waals surface area contributed by atoms with E-state index < -0.39 is 5.91 Å². The van der Waals surface area contributed by atoms with E-state index in [9.17, 15) is 9.59 Å². The zero-order valence-electron chi connectivity index (χ0n) is 12.8. The molecule has 0 aromatic heterocycles. The molecule has 0 spiro atoms. The number of hydrazone groups is 1. The fourth-order valence-corrected chi connectivity index (χ4v) is 2.36. The van der Waals surface area contributed by atoms with Gasteiger partial charge in [0.25, 0.3) is 11.8 Å². The lowest BCUT2D eigenvalue weighted by Crippen LogP contribution is -2.35. The molecule has 0 aliphatic carbocycles. The molecule has 24 heavy (non-hydrogen) atoms. The van der Waals surface area contributed by atoms with Gasteiger partial charge in [-0.2, -0.15) is 5.10 Å². The Morgan fingerprint density at radius 3 is 2.62 bits per heavy atom. The third kappa shape index (κ3) is 5.08. The second-order valence-electron chi connectivity index (χ2n) is 4.96. The number of amides is 2. The van der Waals surface area contributed by atoms with Gasteiger partial charge < -0.3 is 5.32 Å². The SMILES string of the molecule is Cc1ccccc1C(=O)NCC(=O)N/N=C/c1ccc(Cl)cc1Cl. The van der Waals surface area contributed by atoms with Crippen molar-refractivity contribution in [2.75, 3.05) is 6.54 Å². The number of nitrogens with one attached hydrogen (secondary N) is 2. The first-order valence-corrected chi connectivity index (χ1v) is 7.84. The molecule has 7 heteroatoms. The molecular weight excluding hydrogens is 349 g/mol. The maximum atomic E-state index is 12.0. The van der Waals surface area contributed by atoms with Crippen molar-refractivity contribution in [3.8, 4) is 0 Å². The molecule has 0 bridgehead atoms. The van der Waals surface area contributed by atoms with Crippen LogP contribution < -0.4 is 10.7 Å². The molecule has 124 valence electrons. The Balaban J connectivity index is 1.84. The van der Waals surface area contributed by atoms with Gasteiger partial charge in [-0.05, 0) is 30.7 Å². The summed E-state index contributed by atoms with van der Waals surface area (Å²) < 4.78 is 0. The number of hydrogen-bond donors (Lipinski definition) is 2. The van der Waals surface area contributed by atoms with E-state index in [-0.39, 0.29) is 12.5 Å². The van der Waals surface area contributed by atoms with Crippen LogP contribution in [-0.2, 0) is 4.79 Å². The van der Waals surface area contributed by atoms with Crippen LogP contribution in [0.15, 0.2) is 47.6 Å². The van der Waals surface area contributed by atoms with Gasteiger partial charge in [-0.25, -0.2) is 5.43 Å². The maximum absolute atomic E-state index is 12.0. The first kappa shape index (κ1) is 18.0. The van der Waals surface area contributed by atoms with Gasteiger partial charge >= 0.3 is 0 Å². The van der Waals surface area contributed by atoms with Crippen molar-refractivity contribution in [3.63, 3.8) is 0 Å². The van der Waals surface area contributed by atoms with Crippen LogP contribution in [0.5, 0.6) is 0 Å². The summed E-state index contributed by atoms with van der Waals surface area (Å²) in [6.07, 6.45) is 1.40. The minimum Gasteiger partial charge on any atom is -0.343 e. The molecule has 2 aromatic rings. The lowest BCUT2D eigenvalue weighted by molar-refractivity contribution is -0.120. The third-order valence-electron chi connectivity index (χ3n) is 3.15. The molecule has 2 amide bonds. The molecular formula is C17H15Cl2N3O2. The molecule has 5 nitrogen and oxygen atoms in total. The van der Waals surface area contributed by atoms with Gasteiger partial charge in [0.05, 0.1) is 17.8 Å². The Bertz CT molecular complexity index is 791. The average Bonchev–Trinajstić information content (AvgIpc) is 2.55. The lowest BCUT2D eigenvalue weighted by Gasteiger charge is -2.06. The van der Waals surface area contributed by atoms with Crippen molar-refractivity contribution < 1.29 is 9.59 Å². The number of halogens is 2. The molecule has 0 heterocycles. The van der Waals surface area contributed by atoms with Crippen molar-refractivity contribution in [2.24, 2.45) is 5.10 Å². The number of carbonyl (C=O) groups excluding carboxylic acids is 2. The molecule has 0 fully saturated rings. The molecule has 2 aromatic carbocycles. The van der Waals surface area contributed by atoms with Gasteiger partial charge in [0.2, 0.25) is 0 Å². The summed E-state index contributed by atoms with van der Waals surface area (Å²) in [6, 6.07) is 12.1. The van der Waals surface area contributed by atoms with E-state index in [1.165, 1.54) is 6.21 Å². The second kappa shape index (κ2) is 8.47. The topological polar surface area (TPSA) is 70.6 Å². The second-order valence-corrected chi connectivity index (χ2v) is 5.80. The Hall–Kier alpha value is -2.37. The van der Waals surface area contributed by atoms with E-state index in [0.717, 1.165) is 5.56 Å². The van der Waals surface area contributed by atoms with Crippen molar-refractivity contribution in [2.45, 2.75) is 6.92 Å². The normalized spacial score (nSPS) is 10.6. The Morgan fingerprint density at radius 2 is 1.92 bits per heavy atom. The Labute approximate surface area is 149 Å². The number of aryl methyl sites for hydroxylation is 1. The summed E-state index contributed by atoms with van der Waals surface area (Å²) in [5.74, 6) is -0.758. The predicted octanol–water partition coefficient (Wildman–Crippen LogP) is 3.18. The zero-order chi connectivity index (χ0) is 17.5. The van der Waals surface area contributed by atoms with E-state index >= 15 is 0 Å². The summed E-state index contributed by atoms with van der Waals surface area (Å²) in [6.45, 7) is 1.65. The van der Waals surface area contributed by atoms with Gasteiger partial charge in [0.15, 0.2) is 0 Å². The van der Waals surface area contributed by atoms with Crippen LogP contribution in [0.25, 0.3) is 0 Å². The van der Waals surface area contributed by atoms with Crippen molar-refractivity contribution >= 4 is 41.2 Å². The van der Waals surface area contributed by atoms with Gasteiger partial charge in [0.1, 0.15) is 0 Å². The van der Waals surface area contributed by atoms with Gasteiger partial charge in [-0.15, -0.1) is 0 Å². The minimum absolute atomic E-state index is 0.182. The maximum Gasteiger partial charge on any atom is 0.259 e. The van der Waals surface area contributed by atoms with Crippen LogP contribution in [0.2, 0.25) is 10.0 Å². The van der Waals surface area contributed by atoms with Gasteiger partial charge in [-0.3, -0.25) is 9.59 Å². The van der Waals surface area contributed by atoms with E-state index in [2.05, 4.69) is 15.8 Å². The standard InChI is InChI=1S/C17H15Cl2N3O2/c1-11-4-2-3-5-14(11)17(24)20-10-16(23)22-21-9-12-6-7-13(18)8-15(12)19/h2-9H,10H2,1H3,(H,20,24)(H,22,23)/b21-9+. The quantitative estimate of drug-likeness (QED) is 0.632. The van der Waals surface area contributed by atoms with Gasteiger partial charge in [0, 0.05) is 16.1 Å². The van der Waals surface area contributed by atoms with Crippen LogP contribution in [0.3, 0.4) is 0 Å². The summed E-state index contributed by atoms with van der Waals surface area (Å²) in [5.41, 5.74) is 4.30. The third-order valence-corrected chi connectivity index (χ3v) is 3.72. The summed E-state index contributed by atoms with van der Waals surface area (Å²) in [4.78, 5) is 23.7. The molecule has 0 unspecified atom stereocenters. The smallest absolute Gasteiger partial charge is 0.259 e. The van der Waals surface area contributed by atoms with E-state index in [4.69, 9.17) is 23.2 Å². The van der Waals surface area contributed by atoms with Crippen LogP contribution in [0.1, 0.15) is 21.5 Å². The molecule has 2 N–H and O–H groups in total. The van der Waals surface area contributed by atoms with Gasteiger partial charge in [-0.1, -0.05) is 47.5 Å². The van der Waals surface area contributed by atoms with Crippen molar-refractivity contribution in [1.29, 1.82) is 0 Å². The highest BCUT2D eigenvalue weighted by atomic mass is 35.5. The van der Waals surface area contributed by atoms with Crippen molar-refractivity contribution in [1.82, 2.24) is 10.7 Å². The summed E-state index contributed by atoms with van der Waals surface area (Å²) in [7, 11) is 0. The highest BCUT2D eigenvalue weighted by Gasteiger charge is 2.09. The van der Waals surface area contributed by atoms with Crippen LogP contribution >= 0.6 is 23.2 Å². The summed E-state index contributed by atoms with van der Waals surface area (Å²) >= 11 is 11.8. The molecule has 0 aliphatic rings. The fourth-order valence-electron chi connectivity index (χ4n) is 1.90. The predicted molar refractivity (Wildman–Crippen MR) is 95.7 cm³/mol. The molecule has 0 aliphatic heterocycles. The highest BCUT2D eigenvalue weighted by molar-refractivity contribution is 6.36. The average molecular weight is 364 g/mol. The number of rotatable bonds is 5. The first-order chi connectivity index (χ1) is 11.5. The van der Waals surface area contributed by atoms with E-state index in [1.54, 1.807) is 30.3 Å². The molecule has 2 rings (SSSR count). The Morgan fingerprint density at radius 1 is 1.17 bits per heavy atom. The molecule has 0 saturated carbocycles. The largest absolute Gasteiger partial charge is 0.343 e. The van der Waals surface area contributed by atoms with Crippen LogP contribution in [0.4, 0.5) is 0 Å². The number of benzene rings is 2. The van der Waals surface area contributed by atoms with E-state index in [1.807, 2.05) is 19.1 Å².